The molecule has 0 fully saturated rings. The molecule has 0 amide bonds. The zero-order valence-electron chi connectivity index (χ0n) is 12.4. The van der Waals surface area contributed by atoms with E-state index in [1.54, 1.807) is 0 Å². The molecule has 2 nitrogen and oxygen atoms in total. The van der Waals surface area contributed by atoms with Gasteiger partial charge in [0, 0.05) is 11.7 Å². The van der Waals surface area contributed by atoms with E-state index < -0.39 is 0 Å². The number of para-hydroxylation sites is 1. The third-order valence-electron chi connectivity index (χ3n) is 5.00. The van der Waals surface area contributed by atoms with Crippen LogP contribution in [-0.2, 0) is 12.8 Å². The van der Waals surface area contributed by atoms with Gasteiger partial charge in [-0.05, 0) is 67.5 Å². The lowest BCUT2D eigenvalue weighted by molar-refractivity contribution is 0.465. The molecular weight excluding hydrogens is 258 g/mol. The van der Waals surface area contributed by atoms with E-state index in [1.807, 2.05) is 12.1 Å². The maximum atomic E-state index is 9.74. The van der Waals surface area contributed by atoms with Gasteiger partial charge in [0.15, 0.2) is 0 Å². The van der Waals surface area contributed by atoms with E-state index in [1.165, 1.54) is 35.2 Å². The van der Waals surface area contributed by atoms with Crippen LogP contribution in [0.2, 0.25) is 0 Å². The van der Waals surface area contributed by atoms with Crippen LogP contribution >= 0.6 is 0 Å². The van der Waals surface area contributed by atoms with E-state index in [4.69, 9.17) is 0 Å². The van der Waals surface area contributed by atoms with Crippen LogP contribution in [0.3, 0.4) is 0 Å². The summed E-state index contributed by atoms with van der Waals surface area (Å²) in [5, 5.41) is 9.74. The molecule has 1 N–H and O–H groups in total. The number of phenolic OH excluding ortho intramolecular Hbond substituents is 1. The highest BCUT2D eigenvalue weighted by Gasteiger charge is 2.34. The summed E-state index contributed by atoms with van der Waals surface area (Å²) in [4.78, 5) is 2.60. The van der Waals surface area contributed by atoms with Crippen molar-refractivity contribution in [2.24, 2.45) is 0 Å². The van der Waals surface area contributed by atoms with Crippen molar-refractivity contribution in [2.45, 2.75) is 44.7 Å². The lowest BCUT2D eigenvalue weighted by atomic mass is 9.86. The lowest BCUT2D eigenvalue weighted by Crippen LogP contribution is -2.35. The Hall–Kier alpha value is -1.96. The number of nitrogens with zero attached hydrogens (tertiary/aromatic N) is 1. The topological polar surface area (TPSA) is 23.5 Å². The summed E-state index contributed by atoms with van der Waals surface area (Å²) in [6.07, 6.45) is 4.63. The molecule has 0 saturated carbocycles. The van der Waals surface area contributed by atoms with Gasteiger partial charge in [-0.3, -0.25) is 0 Å². The van der Waals surface area contributed by atoms with Gasteiger partial charge in [0.05, 0.1) is 6.04 Å². The van der Waals surface area contributed by atoms with Crippen molar-refractivity contribution in [2.75, 3.05) is 4.90 Å². The second kappa shape index (κ2) is 4.80. The molecule has 0 bridgehead atoms. The van der Waals surface area contributed by atoms with E-state index in [0.29, 0.717) is 17.8 Å². The Bertz CT molecular complexity index is 679. The van der Waals surface area contributed by atoms with E-state index in [9.17, 15) is 5.11 Å². The summed E-state index contributed by atoms with van der Waals surface area (Å²) in [7, 11) is 0. The van der Waals surface area contributed by atoms with Crippen LogP contribution < -0.4 is 4.90 Å². The molecule has 1 aliphatic heterocycles. The molecule has 2 atom stereocenters. The minimum atomic E-state index is 0.393. The van der Waals surface area contributed by atoms with E-state index in [2.05, 4.69) is 42.2 Å². The molecule has 2 unspecified atom stereocenters. The summed E-state index contributed by atoms with van der Waals surface area (Å²) in [6.45, 7) is 2.33. The number of hydrogen-bond acceptors (Lipinski definition) is 2. The quantitative estimate of drug-likeness (QED) is 0.844. The van der Waals surface area contributed by atoms with Crippen molar-refractivity contribution in [3.63, 3.8) is 0 Å². The molecule has 21 heavy (non-hydrogen) atoms. The summed E-state index contributed by atoms with van der Waals surface area (Å²) in [5.41, 5.74) is 5.59. The van der Waals surface area contributed by atoms with E-state index in [-0.39, 0.29) is 0 Å². The van der Waals surface area contributed by atoms with Gasteiger partial charge in [-0.15, -0.1) is 0 Å². The molecule has 1 heterocycles. The first-order valence-corrected chi connectivity index (χ1v) is 7.92. The molecule has 2 heteroatoms. The molecule has 2 aromatic rings. The average Bonchev–Trinajstić information content (AvgIpc) is 2.82. The van der Waals surface area contributed by atoms with Crippen LogP contribution in [0, 0.1) is 0 Å². The van der Waals surface area contributed by atoms with Crippen LogP contribution in [0.4, 0.5) is 5.69 Å². The minimum absolute atomic E-state index is 0.393. The number of aryl methyl sites for hydroxylation is 1. The molecule has 108 valence electrons. The number of benzene rings is 2. The molecular formula is C19H21NO. The number of aromatic hydroxyl groups is 1. The number of hydrogen-bond donors (Lipinski definition) is 1. The fourth-order valence-corrected chi connectivity index (χ4v) is 4.13. The van der Waals surface area contributed by atoms with Crippen LogP contribution in [0.5, 0.6) is 5.75 Å². The average molecular weight is 279 g/mol. The predicted octanol–water partition coefficient (Wildman–Crippen LogP) is 4.22. The van der Waals surface area contributed by atoms with Crippen molar-refractivity contribution in [3.05, 3.63) is 59.2 Å². The van der Waals surface area contributed by atoms with Gasteiger partial charge in [0.2, 0.25) is 0 Å². The predicted molar refractivity (Wildman–Crippen MR) is 85.9 cm³/mol. The molecule has 0 saturated heterocycles. The first-order valence-electron chi connectivity index (χ1n) is 7.92. The SMILES string of the molecule is CC1Cc2ccccc2N1C1CCCc2cc(O)ccc21. The third kappa shape index (κ3) is 2.01. The monoisotopic (exact) mass is 279 g/mol. The summed E-state index contributed by atoms with van der Waals surface area (Å²) < 4.78 is 0. The Kier molecular flexibility index (Phi) is 2.91. The number of phenols is 1. The first kappa shape index (κ1) is 12.8. The van der Waals surface area contributed by atoms with Gasteiger partial charge < -0.3 is 10.0 Å². The molecule has 0 spiro atoms. The van der Waals surface area contributed by atoms with Crippen molar-refractivity contribution in [1.82, 2.24) is 0 Å². The fraction of sp³-hybridized carbons (Fsp3) is 0.368. The third-order valence-corrected chi connectivity index (χ3v) is 5.00. The fourth-order valence-electron chi connectivity index (χ4n) is 4.13. The molecule has 2 aliphatic rings. The highest BCUT2D eigenvalue weighted by molar-refractivity contribution is 5.61. The van der Waals surface area contributed by atoms with Crippen LogP contribution in [0.1, 0.15) is 42.5 Å². The zero-order chi connectivity index (χ0) is 14.4. The first-order chi connectivity index (χ1) is 10.2. The molecule has 2 aromatic carbocycles. The van der Waals surface area contributed by atoms with Crippen LogP contribution in [-0.4, -0.2) is 11.1 Å². The molecule has 0 radical (unpaired) electrons. The molecule has 0 aromatic heterocycles. The Balaban J connectivity index is 1.79. The normalized spacial score (nSPS) is 23.8. The van der Waals surface area contributed by atoms with Crippen molar-refractivity contribution >= 4 is 5.69 Å². The van der Waals surface area contributed by atoms with E-state index in [0.717, 1.165) is 12.8 Å². The largest absolute Gasteiger partial charge is 0.508 e. The Labute approximate surface area is 126 Å². The van der Waals surface area contributed by atoms with Gasteiger partial charge in [-0.25, -0.2) is 0 Å². The Morgan fingerprint density at radius 1 is 1.10 bits per heavy atom. The molecule has 4 rings (SSSR count). The maximum absolute atomic E-state index is 9.74. The maximum Gasteiger partial charge on any atom is 0.115 e. The standard InChI is InChI=1S/C19H21NO/c1-13-11-15-5-2-3-7-18(15)20(13)19-8-4-6-14-12-16(21)9-10-17(14)19/h2-3,5,7,9-10,12-13,19,21H,4,6,8,11H2,1H3. The number of rotatable bonds is 1. The van der Waals surface area contributed by atoms with Crippen LogP contribution in [0.15, 0.2) is 42.5 Å². The van der Waals surface area contributed by atoms with Gasteiger partial charge in [-0.2, -0.15) is 0 Å². The Morgan fingerprint density at radius 3 is 2.86 bits per heavy atom. The summed E-state index contributed by atoms with van der Waals surface area (Å²) in [6, 6.07) is 15.7. The molecule has 1 aliphatic carbocycles. The van der Waals surface area contributed by atoms with Gasteiger partial charge in [0.1, 0.15) is 5.75 Å². The lowest BCUT2D eigenvalue weighted by Gasteiger charge is -2.38. The highest BCUT2D eigenvalue weighted by Crippen LogP contribution is 2.43. The number of fused-ring (bicyclic) bond motifs is 2. The van der Waals surface area contributed by atoms with Gasteiger partial charge >= 0.3 is 0 Å². The number of anilines is 1. The van der Waals surface area contributed by atoms with Crippen molar-refractivity contribution in [3.8, 4) is 5.75 Å². The second-order valence-corrected chi connectivity index (χ2v) is 6.38. The van der Waals surface area contributed by atoms with Gasteiger partial charge in [-0.1, -0.05) is 24.3 Å². The Morgan fingerprint density at radius 2 is 1.95 bits per heavy atom. The summed E-state index contributed by atoms with van der Waals surface area (Å²) >= 11 is 0. The van der Waals surface area contributed by atoms with Crippen molar-refractivity contribution in [1.29, 1.82) is 0 Å². The van der Waals surface area contributed by atoms with Crippen LogP contribution in [0.25, 0.3) is 0 Å². The van der Waals surface area contributed by atoms with Gasteiger partial charge in [0.25, 0.3) is 0 Å². The zero-order valence-corrected chi connectivity index (χ0v) is 12.4. The van der Waals surface area contributed by atoms with Crippen molar-refractivity contribution < 1.29 is 5.11 Å². The second-order valence-electron chi connectivity index (χ2n) is 6.38. The van der Waals surface area contributed by atoms with E-state index >= 15 is 0 Å². The minimum Gasteiger partial charge on any atom is -0.508 e. The highest BCUT2D eigenvalue weighted by atomic mass is 16.3. The summed E-state index contributed by atoms with van der Waals surface area (Å²) in [5.74, 6) is 0.393. The smallest absolute Gasteiger partial charge is 0.115 e.